The van der Waals surface area contributed by atoms with Gasteiger partial charge < -0.3 is 4.18 Å². The van der Waals surface area contributed by atoms with Crippen LogP contribution in [-0.4, -0.2) is 0 Å². The van der Waals surface area contributed by atoms with Crippen molar-refractivity contribution in [1.29, 1.82) is 0 Å². The Balaban J connectivity index is 2.45. The first-order valence-electron chi connectivity index (χ1n) is 1.65. The van der Waals surface area contributed by atoms with Crippen molar-refractivity contribution < 1.29 is 4.18 Å². The molecule has 1 N–H and O–H groups in total. The summed E-state index contributed by atoms with van der Waals surface area (Å²) in [6, 6.07) is 0. The molecule has 0 aliphatic carbocycles. The van der Waals surface area contributed by atoms with Crippen LogP contribution in [0, 0.1) is 0 Å². The highest BCUT2D eigenvalue weighted by Crippen LogP contribution is 2.09. The van der Waals surface area contributed by atoms with Gasteiger partial charge in [-0.15, -0.1) is 0 Å². The Morgan fingerprint density at radius 2 is 2.83 bits per heavy atom. The van der Waals surface area contributed by atoms with E-state index in [2.05, 4.69) is 4.72 Å². The molecular formula is C3H5NOS. The zero-order valence-corrected chi connectivity index (χ0v) is 4.21. The van der Waals surface area contributed by atoms with Crippen LogP contribution in [0.5, 0.6) is 0 Å². The Morgan fingerprint density at radius 1 is 2.00 bits per heavy atom. The fourth-order valence-corrected chi connectivity index (χ4v) is 0.630. The molecule has 1 aliphatic heterocycles. The van der Waals surface area contributed by atoms with Gasteiger partial charge in [-0.25, -0.2) is 0 Å². The lowest BCUT2D eigenvalue weighted by Gasteiger charge is -1.82. The van der Waals surface area contributed by atoms with Gasteiger partial charge in [-0.2, -0.15) is 0 Å². The molecule has 0 radical (unpaired) electrons. The van der Waals surface area contributed by atoms with Gasteiger partial charge in [0.05, 0.1) is 5.70 Å². The van der Waals surface area contributed by atoms with Gasteiger partial charge in [0.2, 0.25) is 0 Å². The Hall–Kier alpha value is -0.310. The van der Waals surface area contributed by atoms with Gasteiger partial charge in [0.15, 0.2) is 12.2 Å². The Labute approximate surface area is 40.9 Å². The summed E-state index contributed by atoms with van der Waals surface area (Å²) in [5.41, 5.74) is 1.07. The van der Waals surface area contributed by atoms with Crippen molar-refractivity contribution in [2.75, 3.05) is 0 Å². The molecule has 34 valence electrons. The SMILES string of the molecule is CC1=COSN1. The third-order valence-electron chi connectivity index (χ3n) is 0.476. The maximum Gasteiger partial charge on any atom is 0.175 e. The van der Waals surface area contributed by atoms with E-state index in [1.54, 1.807) is 6.26 Å². The molecular weight excluding hydrogens is 98.1 g/mol. The summed E-state index contributed by atoms with van der Waals surface area (Å²) in [7, 11) is 0. The summed E-state index contributed by atoms with van der Waals surface area (Å²) < 4.78 is 7.58. The minimum atomic E-state index is 1.07. The molecule has 0 spiro atoms. The van der Waals surface area contributed by atoms with Crippen molar-refractivity contribution in [1.82, 2.24) is 4.72 Å². The van der Waals surface area contributed by atoms with Gasteiger partial charge in [-0.1, -0.05) is 0 Å². The van der Waals surface area contributed by atoms with Crippen LogP contribution >= 0.6 is 12.2 Å². The van der Waals surface area contributed by atoms with E-state index in [4.69, 9.17) is 4.18 Å². The molecule has 0 fully saturated rings. The molecule has 0 aromatic carbocycles. The predicted octanol–water partition coefficient (Wildman–Crippen LogP) is 1.03. The minimum Gasteiger partial charge on any atom is -0.412 e. The van der Waals surface area contributed by atoms with Crippen LogP contribution in [0.1, 0.15) is 6.92 Å². The highest BCUT2D eigenvalue weighted by molar-refractivity contribution is 7.93. The van der Waals surface area contributed by atoms with Crippen LogP contribution in [0.4, 0.5) is 0 Å². The smallest absolute Gasteiger partial charge is 0.175 e. The van der Waals surface area contributed by atoms with Crippen molar-refractivity contribution in [3.63, 3.8) is 0 Å². The van der Waals surface area contributed by atoms with Crippen LogP contribution < -0.4 is 4.72 Å². The van der Waals surface area contributed by atoms with Gasteiger partial charge in [0.25, 0.3) is 0 Å². The summed E-state index contributed by atoms with van der Waals surface area (Å²) in [5, 5.41) is 0. The van der Waals surface area contributed by atoms with Crippen LogP contribution in [0.15, 0.2) is 12.0 Å². The molecule has 0 saturated heterocycles. The lowest BCUT2D eigenvalue weighted by atomic mass is 10.6. The zero-order valence-electron chi connectivity index (χ0n) is 3.39. The van der Waals surface area contributed by atoms with Crippen molar-refractivity contribution in [2.45, 2.75) is 6.92 Å². The number of rotatable bonds is 0. The topological polar surface area (TPSA) is 21.3 Å². The molecule has 2 nitrogen and oxygen atoms in total. The van der Waals surface area contributed by atoms with Crippen LogP contribution in [0.2, 0.25) is 0 Å². The second-order valence-electron chi connectivity index (χ2n) is 1.08. The van der Waals surface area contributed by atoms with E-state index >= 15 is 0 Å². The van der Waals surface area contributed by atoms with Crippen LogP contribution in [-0.2, 0) is 4.18 Å². The van der Waals surface area contributed by atoms with Gasteiger partial charge in [0.1, 0.15) is 6.26 Å². The Morgan fingerprint density at radius 3 is 3.00 bits per heavy atom. The number of allylic oxidation sites excluding steroid dienone is 1. The van der Waals surface area contributed by atoms with Crippen LogP contribution in [0.25, 0.3) is 0 Å². The highest BCUT2D eigenvalue weighted by atomic mass is 32.2. The maximum absolute atomic E-state index is 4.70. The lowest BCUT2D eigenvalue weighted by Crippen LogP contribution is -1.89. The predicted molar refractivity (Wildman–Crippen MR) is 25.6 cm³/mol. The second-order valence-corrected chi connectivity index (χ2v) is 1.65. The van der Waals surface area contributed by atoms with Gasteiger partial charge >= 0.3 is 0 Å². The third-order valence-corrected chi connectivity index (χ3v) is 1.07. The molecule has 0 aromatic heterocycles. The molecule has 1 rings (SSSR count). The van der Waals surface area contributed by atoms with Crippen LogP contribution in [0.3, 0.4) is 0 Å². The standard InChI is InChI=1S/C3H5NOS/c1-3-2-5-6-4-3/h2,4H,1H3. The van der Waals surface area contributed by atoms with Crippen molar-refractivity contribution in [3.8, 4) is 0 Å². The quantitative estimate of drug-likeness (QED) is 0.365. The average Bonchev–Trinajstić information content (AvgIpc) is 1.86. The molecule has 0 atom stereocenters. The molecule has 1 aliphatic rings. The number of nitrogens with one attached hydrogen (secondary N) is 1. The fraction of sp³-hybridized carbons (Fsp3) is 0.333. The summed E-state index contributed by atoms with van der Waals surface area (Å²) in [6.45, 7) is 1.94. The van der Waals surface area contributed by atoms with E-state index in [0.717, 1.165) is 5.70 Å². The van der Waals surface area contributed by atoms with Gasteiger partial charge in [0, 0.05) is 0 Å². The first kappa shape index (κ1) is 3.87. The maximum atomic E-state index is 4.70. The van der Waals surface area contributed by atoms with Gasteiger partial charge in [-0.05, 0) is 6.92 Å². The van der Waals surface area contributed by atoms with Crippen molar-refractivity contribution in [3.05, 3.63) is 12.0 Å². The normalized spacial score (nSPS) is 18.5. The first-order valence-corrected chi connectivity index (χ1v) is 2.39. The zero-order chi connectivity index (χ0) is 4.41. The van der Waals surface area contributed by atoms with E-state index < -0.39 is 0 Å². The fourth-order valence-electron chi connectivity index (χ4n) is 0.210. The molecule has 3 heteroatoms. The number of hydrogen-bond acceptors (Lipinski definition) is 3. The molecule has 0 amide bonds. The molecule has 0 saturated carbocycles. The van der Waals surface area contributed by atoms with E-state index in [-0.39, 0.29) is 0 Å². The van der Waals surface area contributed by atoms with E-state index in [1.807, 2.05) is 6.92 Å². The minimum absolute atomic E-state index is 1.07. The molecule has 1 heterocycles. The third kappa shape index (κ3) is 0.597. The van der Waals surface area contributed by atoms with E-state index in [1.165, 1.54) is 12.2 Å². The monoisotopic (exact) mass is 103 g/mol. The Bertz CT molecular complexity index is 80.9. The summed E-state index contributed by atoms with van der Waals surface area (Å²) >= 11 is 1.24. The molecule has 0 bridgehead atoms. The lowest BCUT2D eigenvalue weighted by molar-refractivity contribution is 0.575. The van der Waals surface area contributed by atoms with Crippen molar-refractivity contribution >= 4 is 12.2 Å². The molecule has 0 aromatic rings. The van der Waals surface area contributed by atoms with E-state index in [9.17, 15) is 0 Å². The summed E-state index contributed by atoms with van der Waals surface area (Å²) in [4.78, 5) is 0. The Kier molecular flexibility index (Phi) is 0.919. The first-order chi connectivity index (χ1) is 2.89. The van der Waals surface area contributed by atoms with E-state index in [0.29, 0.717) is 0 Å². The highest BCUT2D eigenvalue weighted by Gasteiger charge is 1.95. The summed E-state index contributed by atoms with van der Waals surface area (Å²) in [6.07, 6.45) is 1.67. The van der Waals surface area contributed by atoms with Crippen molar-refractivity contribution in [2.24, 2.45) is 0 Å². The van der Waals surface area contributed by atoms with Gasteiger partial charge in [-0.3, -0.25) is 4.72 Å². The second kappa shape index (κ2) is 1.43. The molecule has 0 unspecified atom stereocenters. The molecule has 6 heavy (non-hydrogen) atoms. The largest absolute Gasteiger partial charge is 0.412 e. The number of hydrogen-bond donors (Lipinski definition) is 1. The average molecular weight is 103 g/mol. The summed E-state index contributed by atoms with van der Waals surface area (Å²) in [5.74, 6) is 0.